The van der Waals surface area contributed by atoms with Gasteiger partial charge in [0.15, 0.2) is 0 Å². The Balaban J connectivity index is 2.15. The minimum absolute atomic E-state index is 0.262. The van der Waals surface area contributed by atoms with Crippen LogP contribution in [0.2, 0.25) is 5.02 Å². The molecular formula is C21H20ClNO2S. The van der Waals surface area contributed by atoms with Gasteiger partial charge in [0, 0.05) is 5.02 Å². The normalized spacial score (nSPS) is 14.6. The summed E-state index contributed by atoms with van der Waals surface area (Å²) in [5.41, 5.74) is 4.80. The van der Waals surface area contributed by atoms with Crippen molar-refractivity contribution in [2.75, 3.05) is 10.7 Å². The number of nitrogens with zero attached hydrogens (tertiary/aromatic N) is 1. The van der Waals surface area contributed by atoms with E-state index in [0.29, 0.717) is 21.2 Å². The molecule has 0 saturated carbocycles. The molecule has 0 atom stereocenters. The molecule has 0 unspecified atom stereocenters. The Bertz CT molecular complexity index is 949. The Morgan fingerprint density at radius 1 is 0.962 bits per heavy atom. The first-order chi connectivity index (χ1) is 12.3. The van der Waals surface area contributed by atoms with E-state index in [1.807, 2.05) is 45.9 Å². The molecule has 0 aliphatic carbocycles. The van der Waals surface area contributed by atoms with Crippen molar-refractivity contribution in [3.8, 4) is 0 Å². The number of imide groups is 1. The van der Waals surface area contributed by atoms with Gasteiger partial charge in [-0.25, -0.2) is 4.90 Å². The predicted octanol–water partition coefficient (Wildman–Crippen LogP) is 5.30. The van der Waals surface area contributed by atoms with Gasteiger partial charge in [0.2, 0.25) is 0 Å². The second-order valence-corrected chi connectivity index (χ2v) is 8.04. The summed E-state index contributed by atoms with van der Waals surface area (Å²) in [4.78, 5) is 28.2. The third kappa shape index (κ3) is 3.19. The van der Waals surface area contributed by atoms with Crippen molar-refractivity contribution in [1.82, 2.24) is 0 Å². The maximum Gasteiger partial charge on any atom is 0.272 e. The maximum atomic E-state index is 13.3. The Kier molecular flexibility index (Phi) is 5.26. The van der Waals surface area contributed by atoms with Crippen LogP contribution in [0, 0.1) is 20.8 Å². The van der Waals surface area contributed by atoms with Crippen LogP contribution in [0.15, 0.2) is 41.3 Å². The molecule has 0 radical (unpaired) electrons. The molecule has 134 valence electrons. The summed E-state index contributed by atoms with van der Waals surface area (Å²) in [5, 5.41) is 0.580. The van der Waals surface area contributed by atoms with E-state index in [9.17, 15) is 9.59 Å². The van der Waals surface area contributed by atoms with Crippen molar-refractivity contribution >= 4 is 46.4 Å². The summed E-state index contributed by atoms with van der Waals surface area (Å²) >= 11 is 7.45. The zero-order valence-corrected chi connectivity index (χ0v) is 16.8. The third-order valence-corrected chi connectivity index (χ3v) is 5.57. The smallest absolute Gasteiger partial charge is 0.268 e. The second kappa shape index (κ2) is 7.29. The number of amides is 2. The van der Waals surface area contributed by atoms with Crippen LogP contribution in [0.25, 0.3) is 5.57 Å². The van der Waals surface area contributed by atoms with Crippen molar-refractivity contribution in [1.29, 1.82) is 0 Å². The number of rotatable bonds is 4. The number of hydrogen-bond acceptors (Lipinski definition) is 3. The standard InChI is InChI=1S/C21H20ClNO2S/c1-5-26-19-18(16-8-6-12(2)10-13(16)3)20(24)23(21(19)25)17-9-7-15(22)11-14(17)4/h6-11H,5H2,1-4H3. The molecule has 2 amide bonds. The minimum atomic E-state index is -0.275. The second-order valence-electron chi connectivity index (χ2n) is 6.33. The molecule has 0 N–H and O–H groups in total. The predicted molar refractivity (Wildman–Crippen MR) is 110 cm³/mol. The Morgan fingerprint density at radius 2 is 1.69 bits per heavy atom. The van der Waals surface area contributed by atoms with Crippen LogP contribution in [0.4, 0.5) is 5.69 Å². The van der Waals surface area contributed by atoms with Gasteiger partial charge in [-0.1, -0.05) is 42.3 Å². The largest absolute Gasteiger partial charge is 0.272 e. The molecule has 1 aliphatic rings. The Morgan fingerprint density at radius 3 is 2.31 bits per heavy atom. The van der Waals surface area contributed by atoms with E-state index in [1.165, 1.54) is 16.7 Å². The van der Waals surface area contributed by atoms with E-state index < -0.39 is 0 Å². The fourth-order valence-electron chi connectivity index (χ4n) is 3.21. The molecular weight excluding hydrogens is 366 g/mol. The van der Waals surface area contributed by atoms with Crippen LogP contribution < -0.4 is 4.90 Å². The number of carbonyl (C=O) groups excluding carboxylic acids is 2. The van der Waals surface area contributed by atoms with Crippen LogP contribution in [0.5, 0.6) is 0 Å². The van der Waals surface area contributed by atoms with Gasteiger partial charge >= 0.3 is 0 Å². The highest BCUT2D eigenvalue weighted by atomic mass is 35.5. The number of halogens is 1. The first-order valence-corrected chi connectivity index (χ1v) is 9.81. The van der Waals surface area contributed by atoms with E-state index in [-0.39, 0.29) is 11.8 Å². The number of hydrogen-bond donors (Lipinski definition) is 0. The summed E-state index contributed by atoms with van der Waals surface area (Å²) in [7, 11) is 0. The van der Waals surface area contributed by atoms with Gasteiger partial charge in [0.05, 0.1) is 16.2 Å². The van der Waals surface area contributed by atoms with Gasteiger partial charge in [0.1, 0.15) is 0 Å². The van der Waals surface area contributed by atoms with Crippen LogP contribution in [-0.2, 0) is 9.59 Å². The summed E-state index contributed by atoms with van der Waals surface area (Å²) in [6, 6.07) is 11.1. The van der Waals surface area contributed by atoms with Gasteiger partial charge in [-0.15, -0.1) is 11.8 Å². The lowest BCUT2D eigenvalue weighted by Crippen LogP contribution is -2.32. The number of thioether (sulfide) groups is 1. The number of benzene rings is 2. The van der Waals surface area contributed by atoms with Gasteiger partial charge in [-0.3, -0.25) is 9.59 Å². The Hall–Kier alpha value is -2.04. The lowest BCUT2D eigenvalue weighted by atomic mass is 9.98. The van der Waals surface area contributed by atoms with Crippen molar-refractivity contribution < 1.29 is 9.59 Å². The molecule has 0 bridgehead atoms. The van der Waals surface area contributed by atoms with Crippen LogP contribution in [-0.4, -0.2) is 17.6 Å². The highest BCUT2D eigenvalue weighted by molar-refractivity contribution is 8.04. The molecule has 5 heteroatoms. The van der Waals surface area contributed by atoms with Crippen molar-refractivity contribution in [3.05, 3.63) is 68.6 Å². The van der Waals surface area contributed by atoms with Crippen LogP contribution >= 0.6 is 23.4 Å². The van der Waals surface area contributed by atoms with Crippen LogP contribution in [0.1, 0.15) is 29.2 Å². The van der Waals surface area contributed by atoms with Gasteiger partial charge < -0.3 is 0 Å². The average molecular weight is 386 g/mol. The van der Waals surface area contributed by atoms with Crippen molar-refractivity contribution in [2.45, 2.75) is 27.7 Å². The zero-order valence-electron chi connectivity index (χ0n) is 15.2. The fourth-order valence-corrected chi connectivity index (χ4v) is 4.28. The van der Waals surface area contributed by atoms with E-state index in [0.717, 1.165) is 28.0 Å². The first-order valence-electron chi connectivity index (χ1n) is 8.44. The summed E-state index contributed by atoms with van der Waals surface area (Å²) < 4.78 is 0. The molecule has 0 fully saturated rings. The molecule has 3 nitrogen and oxygen atoms in total. The lowest BCUT2D eigenvalue weighted by Gasteiger charge is -2.18. The topological polar surface area (TPSA) is 37.4 Å². The van der Waals surface area contributed by atoms with Gasteiger partial charge in [-0.2, -0.15) is 0 Å². The van der Waals surface area contributed by atoms with Crippen LogP contribution in [0.3, 0.4) is 0 Å². The number of aryl methyl sites for hydroxylation is 3. The number of carbonyl (C=O) groups is 2. The SMILES string of the molecule is CCSC1=C(c2ccc(C)cc2C)C(=O)N(c2ccc(Cl)cc2C)C1=O. The minimum Gasteiger partial charge on any atom is -0.268 e. The molecule has 3 rings (SSSR count). The summed E-state index contributed by atoms with van der Waals surface area (Å²) in [5.74, 6) is 0.182. The molecule has 0 spiro atoms. The summed E-state index contributed by atoms with van der Waals surface area (Å²) in [6.07, 6.45) is 0. The highest BCUT2D eigenvalue weighted by Gasteiger charge is 2.40. The highest BCUT2D eigenvalue weighted by Crippen LogP contribution is 2.40. The van der Waals surface area contributed by atoms with E-state index in [2.05, 4.69) is 0 Å². The quantitative estimate of drug-likeness (QED) is 0.670. The Labute approximate surface area is 163 Å². The molecule has 0 saturated heterocycles. The first kappa shape index (κ1) is 18.7. The van der Waals surface area contributed by atoms with E-state index >= 15 is 0 Å². The van der Waals surface area contributed by atoms with Gasteiger partial charge in [-0.05, 0) is 61.4 Å². The average Bonchev–Trinajstić information content (AvgIpc) is 2.80. The lowest BCUT2D eigenvalue weighted by molar-refractivity contribution is -0.119. The molecule has 0 aromatic heterocycles. The third-order valence-electron chi connectivity index (χ3n) is 4.38. The molecule has 26 heavy (non-hydrogen) atoms. The molecule has 1 heterocycles. The fraction of sp³-hybridized carbons (Fsp3) is 0.238. The maximum absolute atomic E-state index is 13.3. The van der Waals surface area contributed by atoms with E-state index in [1.54, 1.807) is 18.2 Å². The summed E-state index contributed by atoms with van der Waals surface area (Å²) in [6.45, 7) is 7.81. The number of anilines is 1. The molecule has 2 aromatic rings. The van der Waals surface area contributed by atoms with Gasteiger partial charge in [0.25, 0.3) is 11.8 Å². The molecule has 1 aliphatic heterocycles. The van der Waals surface area contributed by atoms with Crippen molar-refractivity contribution in [2.24, 2.45) is 0 Å². The van der Waals surface area contributed by atoms with Crippen molar-refractivity contribution in [3.63, 3.8) is 0 Å². The van der Waals surface area contributed by atoms with E-state index in [4.69, 9.17) is 11.6 Å². The monoisotopic (exact) mass is 385 g/mol. The zero-order chi connectivity index (χ0) is 19.0. The molecule has 2 aromatic carbocycles.